The third-order valence-corrected chi connectivity index (χ3v) is 2.82. The van der Waals surface area contributed by atoms with Crippen LogP contribution in [0.3, 0.4) is 0 Å². The third-order valence-electron chi connectivity index (χ3n) is 2.82. The van der Waals surface area contributed by atoms with Gasteiger partial charge in [-0.05, 0) is 49.1 Å². The zero-order chi connectivity index (χ0) is 11.4. The van der Waals surface area contributed by atoms with Crippen molar-refractivity contribution in [3.8, 4) is 5.75 Å². The fourth-order valence-corrected chi connectivity index (χ4v) is 2.11. The van der Waals surface area contributed by atoms with Crippen LogP contribution < -0.4 is 5.73 Å². The van der Waals surface area contributed by atoms with Gasteiger partial charge in [-0.15, -0.1) is 0 Å². The maximum absolute atomic E-state index is 9.44. The van der Waals surface area contributed by atoms with Crippen LogP contribution in [0.2, 0.25) is 0 Å². The van der Waals surface area contributed by atoms with Crippen molar-refractivity contribution in [3.05, 3.63) is 28.8 Å². The largest absolute Gasteiger partial charge is 0.508 e. The van der Waals surface area contributed by atoms with Gasteiger partial charge in [0.05, 0.1) is 0 Å². The summed E-state index contributed by atoms with van der Waals surface area (Å²) in [6.45, 7) is 6.19. The van der Waals surface area contributed by atoms with Gasteiger partial charge in [0.25, 0.3) is 0 Å². The number of hydrogen-bond acceptors (Lipinski definition) is 2. The highest BCUT2D eigenvalue weighted by molar-refractivity contribution is 5.42. The Kier molecular flexibility index (Phi) is 4.15. The Bertz CT molecular complexity index is 310. The van der Waals surface area contributed by atoms with Crippen LogP contribution in [0.25, 0.3) is 0 Å². The predicted molar refractivity (Wildman–Crippen MR) is 64.0 cm³/mol. The highest BCUT2D eigenvalue weighted by Gasteiger charge is 2.12. The molecular weight excluding hydrogens is 186 g/mol. The molecule has 3 N–H and O–H groups in total. The summed E-state index contributed by atoms with van der Waals surface area (Å²) in [4.78, 5) is 0. The number of unbranched alkanes of at least 4 members (excludes halogenated alkanes) is 1. The highest BCUT2D eigenvalue weighted by atomic mass is 16.3. The first-order valence-electron chi connectivity index (χ1n) is 5.62. The molecule has 1 aromatic carbocycles. The van der Waals surface area contributed by atoms with Gasteiger partial charge < -0.3 is 10.8 Å². The fourth-order valence-electron chi connectivity index (χ4n) is 2.11. The van der Waals surface area contributed by atoms with E-state index in [9.17, 15) is 5.11 Å². The van der Waals surface area contributed by atoms with E-state index in [1.165, 1.54) is 12.0 Å². The second kappa shape index (κ2) is 5.17. The van der Waals surface area contributed by atoms with Crippen LogP contribution in [0.4, 0.5) is 0 Å². The lowest BCUT2D eigenvalue weighted by Gasteiger charge is -2.17. The van der Waals surface area contributed by atoms with Gasteiger partial charge in [-0.3, -0.25) is 0 Å². The smallest absolute Gasteiger partial charge is 0.116 e. The molecular formula is C13H21NO. The van der Waals surface area contributed by atoms with Crippen LogP contribution in [0.5, 0.6) is 5.75 Å². The van der Waals surface area contributed by atoms with Gasteiger partial charge in [0, 0.05) is 6.04 Å². The van der Waals surface area contributed by atoms with Crippen molar-refractivity contribution in [2.45, 2.75) is 46.1 Å². The lowest BCUT2D eigenvalue weighted by Crippen LogP contribution is -2.13. The van der Waals surface area contributed by atoms with Crippen LogP contribution in [0.1, 0.15) is 48.9 Å². The van der Waals surface area contributed by atoms with Crippen molar-refractivity contribution < 1.29 is 5.11 Å². The molecule has 0 amide bonds. The molecule has 2 heteroatoms. The Morgan fingerprint density at radius 1 is 1.27 bits per heavy atom. The standard InChI is InChI=1S/C13H21NO/c1-4-5-6-12(14)13-9(2)7-11(15)8-10(13)3/h7-8,12,15H,4-6,14H2,1-3H3/t12-/m1/s1. The summed E-state index contributed by atoms with van der Waals surface area (Å²) in [5.41, 5.74) is 9.53. The molecule has 0 bridgehead atoms. The molecule has 0 unspecified atom stereocenters. The number of phenols is 1. The van der Waals surface area contributed by atoms with Gasteiger partial charge in [0.1, 0.15) is 5.75 Å². The van der Waals surface area contributed by atoms with E-state index in [2.05, 4.69) is 6.92 Å². The maximum atomic E-state index is 9.44. The van der Waals surface area contributed by atoms with Crippen LogP contribution in [-0.4, -0.2) is 5.11 Å². The summed E-state index contributed by atoms with van der Waals surface area (Å²) in [5, 5.41) is 9.44. The minimum Gasteiger partial charge on any atom is -0.508 e. The summed E-state index contributed by atoms with van der Waals surface area (Å²) in [7, 11) is 0. The Balaban J connectivity index is 2.92. The number of rotatable bonds is 4. The molecule has 0 saturated heterocycles. The van der Waals surface area contributed by atoms with E-state index in [1.807, 2.05) is 13.8 Å². The van der Waals surface area contributed by atoms with Crippen LogP contribution in [0.15, 0.2) is 12.1 Å². The molecule has 0 aliphatic heterocycles. The van der Waals surface area contributed by atoms with E-state index in [-0.39, 0.29) is 6.04 Å². The Morgan fingerprint density at radius 2 is 1.80 bits per heavy atom. The predicted octanol–water partition coefficient (Wildman–Crippen LogP) is 3.20. The SMILES string of the molecule is CCCC[C@@H](N)c1c(C)cc(O)cc1C. The van der Waals surface area contributed by atoms with Crippen LogP contribution >= 0.6 is 0 Å². The number of aryl methyl sites for hydroxylation is 2. The van der Waals surface area contributed by atoms with E-state index in [0.717, 1.165) is 24.0 Å². The summed E-state index contributed by atoms with van der Waals surface area (Å²) in [6, 6.07) is 3.67. The molecule has 0 saturated carbocycles. The van der Waals surface area contributed by atoms with Crippen molar-refractivity contribution in [1.82, 2.24) is 0 Å². The molecule has 1 aromatic rings. The fraction of sp³-hybridized carbons (Fsp3) is 0.538. The maximum Gasteiger partial charge on any atom is 0.116 e. The average Bonchev–Trinajstić information content (AvgIpc) is 2.12. The number of aromatic hydroxyl groups is 1. The van der Waals surface area contributed by atoms with Gasteiger partial charge >= 0.3 is 0 Å². The summed E-state index contributed by atoms with van der Waals surface area (Å²) >= 11 is 0. The van der Waals surface area contributed by atoms with E-state index in [4.69, 9.17) is 5.73 Å². The number of nitrogens with two attached hydrogens (primary N) is 1. The summed E-state index contributed by atoms with van der Waals surface area (Å²) in [6.07, 6.45) is 3.34. The zero-order valence-electron chi connectivity index (χ0n) is 9.88. The molecule has 0 aromatic heterocycles. The monoisotopic (exact) mass is 207 g/mol. The number of benzene rings is 1. The quantitative estimate of drug-likeness (QED) is 0.796. The summed E-state index contributed by atoms with van der Waals surface area (Å²) in [5.74, 6) is 0.330. The molecule has 0 aliphatic rings. The lowest BCUT2D eigenvalue weighted by atomic mass is 9.93. The highest BCUT2D eigenvalue weighted by Crippen LogP contribution is 2.27. The average molecular weight is 207 g/mol. The molecule has 15 heavy (non-hydrogen) atoms. The van der Waals surface area contributed by atoms with Gasteiger partial charge in [-0.1, -0.05) is 19.8 Å². The zero-order valence-corrected chi connectivity index (χ0v) is 9.88. The molecule has 1 atom stereocenters. The molecule has 0 fully saturated rings. The topological polar surface area (TPSA) is 46.2 Å². The molecule has 0 radical (unpaired) electrons. The minimum absolute atomic E-state index is 0.102. The normalized spacial score (nSPS) is 12.8. The van der Waals surface area contributed by atoms with Gasteiger partial charge in [-0.2, -0.15) is 0 Å². The van der Waals surface area contributed by atoms with E-state index < -0.39 is 0 Å². The molecule has 0 heterocycles. The van der Waals surface area contributed by atoms with Crippen molar-refractivity contribution in [2.24, 2.45) is 5.73 Å². The van der Waals surface area contributed by atoms with Crippen molar-refractivity contribution in [1.29, 1.82) is 0 Å². The molecule has 84 valence electrons. The second-order valence-electron chi connectivity index (χ2n) is 4.24. The first-order chi connectivity index (χ1) is 7.06. The first-order valence-corrected chi connectivity index (χ1v) is 5.62. The first kappa shape index (κ1) is 12.1. The van der Waals surface area contributed by atoms with Crippen LogP contribution in [0, 0.1) is 13.8 Å². The summed E-state index contributed by atoms with van der Waals surface area (Å²) < 4.78 is 0. The van der Waals surface area contributed by atoms with Crippen LogP contribution in [-0.2, 0) is 0 Å². The van der Waals surface area contributed by atoms with Crippen molar-refractivity contribution in [2.75, 3.05) is 0 Å². The lowest BCUT2D eigenvalue weighted by molar-refractivity contribution is 0.473. The van der Waals surface area contributed by atoms with Gasteiger partial charge in [-0.25, -0.2) is 0 Å². The molecule has 0 aliphatic carbocycles. The second-order valence-corrected chi connectivity index (χ2v) is 4.24. The Hall–Kier alpha value is -1.02. The van der Waals surface area contributed by atoms with Crippen molar-refractivity contribution >= 4 is 0 Å². The molecule has 2 nitrogen and oxygen atoms in total. The van der Waals surface area contributed by atoms with E-state index in [1.54, 1.807) is 12.1 Å². The number of hydrogen-bond donors (Lipinski definition) is 2. The van der Waals surface area contributed by atoms with Gasteiger partial charge in [0.15, 0.2) is 0 Å². The molecule has 0 spiro atoms. The molecule has 1 rings (SSSR count). The number of phenolic OH excluding ortho intramolecular Hbond substituents is 1. The Labute approximate surface area is 92.1 Å². The minimum atomic E-state index is 0.102. The Morgan fingerprint density at radius 3 is 2.27 bits per heavy atom. The van der Waals surface area contributed by atoms with E-state index in [0.29, 0.717) is 5.75 Å². The van der Waals surface area contributed by atoms with Gasteiger partial charge in [0.2, 0.25) is 0 Å². The third kappa shape index (κ3) is 2.96. The van der Waals surface area contributed by atoms with E-state index >= 15 is 0 Å². The van der Waals surface area contributed by atoms with Crippen molar-refractivity contribution in [3.63, 3.8) is 0 Å².